The van der Waals surface area contributed by atoms with Crippen molar-refractivity contribution < 1.29 is 18.3 Å². The Morgan fingerprint density at radius 2 is 1.82 bits per heavy atom. The number of alkyl halides is 3. The summed E-state index contributed by atoms with van der Waals surface area (Å²) in [5.41, 5.74) is 2.72. The summed E-state index contributed by atoms with van der Waals surface area (Å²) in [6.45, 7) is 1.38. The highest BCUT2D eigenvalue weighted by Crippen LogP contribution is 2.49. The van der Waals surface area contributed by atoms with Gasteiger partial charge in [-0.15, -0.1) is 11.3 Å². The van der Waals surface area contributed by atoms with Gasteiger partial charge in [-0.2, -0.15) is 13.2 Å². The van der Waals surface area contributed by atoms with Crippen LogP contribution in [0.3, 0.4) is 0 Å². The molecular weight excluding hydrogens is 335 g/mol. The van der Waals surface area contributed by atoms with Gasteiger partial charge in [0.25, 0.3) is 0 Å². The van der Waals surface area contributed by atoms with Crippen molar-refractivity contribution in [1.82, 2.24) is 9.97 Å². The molecule has 3 aromatic rings. The number of aliphatic hydroxyl groups is 1. The van der Waals surface area contributed by atoms with Crippen LogP contribution >= 0.6 is 22.7 Å². The number of hydrogen-bond donors (Lipinski definition) is 2. The van der Waals surface area contributed by atoms with Crippen molar-refractivity contribution in [3.05, 3.63) is 39.8 Å². The molecule has 0 unspecified atom stereocenters. The van der Waals surface area contributed by atoms with Crippen molar-refractivity contribution in [2.75, 3.05) is 5.73 Å². The van der Waals surface area contributed by atoms with E-state index in [0.29, 0.717) is 21.6 Å². The van der Waals surface area contributed by atoms with Crippen molar-refractivity contribution in [2.45, 2.75) is 18.7 Å². The van der Waals surface area contributed by atoms with Gasteiger partial charge in [-0.05, 0) is 19.1 Å². The van der Waals surface area contributed by atoms with Gasteiger partial charge in [0.1, 0.15) is 5.01 Å². The second-order valence-corrected chi connectivity index (χ2v) is 6.72. The molecule has 22 heavy (non-hydrogen) atoms. The molecule has 0 saturated carbocycles. The number of rotatable bonds is 2. The van der Waals surface area contributed by atoms with E-state index in [1.165, 1.54) is 6.92 Å². The van der Waals surface area contributed by atoms with Crippen molar-refractivity contribution in [2.24, 2.45) is 0 Å². The molecule has 0 amide bonds. The number of para-hydroxylation sites is 1. The first-order valence-corrected chi connectivity index (χ1v) is 7.75. The van der Waals surface area contributed by atoms with E-state index in [2.05, 4.69) is 9.97 Å². The number of halogens is 3. The maximum absolute atomic E-state index is 13.6. The Morgan fingerprint density at radius 1 is 1.14 bits per heavy atom. The summed E-state index contributed by atoms with van der Waals surface area (Å²) in [6, 6.07) is 6.63. The largest absolute Gasteiger partial charge is 0.429 e. The van der Waals surface area contributed by atoms with E-state index < -0.39 is 16.8 Å². The number of nitrogen functional groups attached to an aromatic ring is 1. The van der Waals surface area contributed by atoms with Crippen molar-refractivity contribution in [3.63, 3.8) is 0 Å². The molecule has 0 spiro atoms. The highest BCUT2D eigenvalue weighted by Gasteiger charge is 2.60. The third kappa shape index (κ3) is 2.16. The minimum atomic E-state index is -4.94. The van der Waals surface area contributed by atoms with Gasteiger partial charge in [0.2, 0.25) is 5.60 Å². The van der Waals surface area contributed by atoms with Gasteiger partial charge in [-0.3, -0.25) is 0 Å². The summed E-state index contributed by atoms with van der Waals surface area (Å²) in [5.74, 6) is 0. The Labute approximate surface area is 131 Å². The van der Waals surface area contributed by atoms with Crippen molar-refractivity contribution in [3.8, 4) is 0 Å². The number of hydrogen-bond acceptors (Lipinski definition) is 6. The summed E-state index contributed by atoms with van der Waals surface area (Å²) in [7, 11) is 0. The number of aromatic nitrogens is 2. The molecule has 9 heteroatoms. The summed E-state index contributed by atoms with van der Waals surface area (Å²) in [6.07, 6.45) is -4.94. The lowest BCUT2D eigenvalue weighted by Gasteiger charge is -2.27. The van der Waals surface area contributed by atoms with Gasteiger partial charge < -0.3 is 10.8 Å². The number of fused-ring (bicyclic) bond motifs is 1. The highest BCUT2D eigenvalue weighted by molar-refractivity contribution is 7.19. The van der Waals surface area contributed by atoms with E-state index in [1.807, 2.05) is 0 Å². The van der Waals surface area contributed by atoms with Crippen LogP contribution in [0, 0.1) is 6.92 Å². The molecule has 0 aliphatic rings. The molecule has 1 aromatic carbocycles. The average molecular weight is 345 g/mol. The SMILES string of the molecule is Cc1nc(N)sc1[C@@](O)(c1nc2ccccc2s1)C(F)(F)F. The Morgan fingerprint density at radius 3 is 2.36 bits per heavy atom. The van der Waals surface area contributed by atoms with Crippen LogP contribution in [0.1, 0.15) is 15.6 Å². The first kappa shape index (κ1) is 15.2. The molecule has 2 heterocycles. The molecule has 0 aliphatic carbocycles. The summed E-state index contributed by atoms with van der Waals surface area (Å²) < 4.78 is 41.5. The van der Waals surface area contributed by atoms with Crippen LogP contribution in [0.25, 0.3) is 10.2 Å². The zero-order chi connectivity index (χ0) is 16.1. The maximum atomic E-state index is 13.6. The molecule has 1 atom stereocenters. The van der Waals surface area contributed by atoms with Gasteiger partial charge in [-0.1, -0.05) is 23.5 Å². The monoisotopic (exact) mass is 345 g/mol. The lowest BCUT2D eigenvalue weighted by Crippen LogP contribution is -2.43. The molecule has 116 valence electrons. The lowest BCUT2D eigenvalue weighted by molar-refractivity contribution is -0.247. The Hall–Kier alpha value is -1.71. The van der Waals surface area contributed by atoms with Crippen LogP contribution in [0.4, 0.5) is 18.3 Å². The van der Waals surface area contributed by atoms with Gasteiger partial charge in [-0.25, -0.2) is 9.97 Å². The quantitative estimate of drug-likeness (QED) is 0.746. The molecule has 3 rings (SSSR count). The first-order valence-electron chi connectivity index (χ1n) is 6.12. The molecule has 3 N–H and O–H groups in total. The molecular formula is C13H10F3N3OS2. The molecule has 0 radical (unpaired) electrons. The summed E-state index contributed by atoms with van der Waals surface area (Å²) in [4.78, 5) is 7.40. The highest BCUT2D eigenvalue weighted by atomic mass is 32.1. The van der Waals surface area contributed by atoms with Crippen molar-refractivity contribution in [1.29, 1.82) is 0 Å². The molecule has 0 fully saturated rings. The number of anilines is 1. The van der Waals surface area contributed by atoms with Crippen LogP contribution in [0.15, 0.2) is 24.3 Å². The Balaban J connectivity index is 2.29. The third-order valence-corrected chi connectivity index (χ3v) is 5.40. The standard InChI is InChI=1S/C13H10F3N3OS2/c1-6-9(22-11(17)18-6)12(20,13(14,15)16)10-19-7-4-2-3-5-8(7)21-10/h2-5,20H,1H3,(H2,17,18)/t12-/m1/s1. The fourth-order valence-corrected chi connectivity index (χ4v) is 4.22. The number of nitrogens with zero attached hydrogens (tertiary/aromatic N) is 2. The Kier molecular flexibility index (Phi) is 3.38. The molecule has 0 saturated heterocycles. The summed E-state index contributed by atoms with van der Waals surface area (Å²) >= 11 is 1.42. The minimum absolute atomic E-state index is 0.0312. The lowest BCUT2D eigenvalue weighted by atomic mass is 10.0. The Bertz CT molecular complexity index is 810. The molecule has 0 bridgehead atoms. The fourth-order valence-electron chi connectivity index (χ4n) is 2.13. The van der Waals surface area contributed by atoms with Gasteiger partial charge in [0.15, 0.2) is 5.13 Å². The van der Waals surface area contributed by atoms with E-state index in [4.69, 9.17) is 5.73 Å². The smallest absolute Gasteiger partial charge is 0.375 e. The molecule has 0 aliphatic heterocycles. The minimum Gasteiger partial charge on any atom is -0.375 e. The number of nitrogens with two attached hydrogens (primary N) is 1. The van der Waals surface area contributed by atoms with Crippen LogP contribution in [-0.4, -0.2) is 21.3 Å². The van der Waals surface area contributed by atoms with Gasteiger partial charge >= 0.3 is 6.18 Å². The van der Waals surface area contributed by atoms with E-state index in [-0.39, 0.29) is 15.7 Å². The van der Waals surface area contributed by atoms with E-state index in [9.17, 15) is 18.3 Å². The average Bonchev–Trinajstić information content (AvgIpc) is 2.99. The normalized spacial score (nSPS) is 15.1. The van der Waals surface area contributed by atoms with Crippen LogP contribution < -0.4 is 5.73 Å². The predicted molar refractivity (Wildman–Crippen MR) is 79.9 cm³/mol. The van der Waals surface area contributed by atoms with Gasteiger partial charge in [0.05, 0.1) is 20.8 Å². The van der Waals surface area contributed by atoms with Crippen LogP contribution in [0.5, 0.6) is 0 Å². The van der Waals surface area contributed by atoms with E-state index in [0.717, 1.165) is 11.3 Å². The number of aryl methyl sites for hydroxylation is 1. The number of thiazole rings is 2. The van der Waals surface area contributed by atoms with Crippen LogP contribution in [0.2, 0.25) is 0 Å². The predicted octanol–water partition coefficient (Wildman–Crippen LogP) is 3.44. The fraction of sp³-hybridized carbons (Fsp3) is 0.231. The third-order valence-electron chi connectivity index (χ3n) is 3.16. The second kappa shape index (κ2) is 4.90. The maximum Gasteiger partial charge on any atom is 0.429 e. The summed E-state index contributed by atoms with van der Waals surface area (Å²) in [5, 5.41) is 10.1. The van der Waals surface area contributed by atoms with E-state index in [1.54, 1.807) is 24.3 Å². The van der Waals surface area contributed by atoms with E-state index >= 15 is 0 Å². The zero-order valence-electron chi connectivity index (χ0n) is 11.2. The topological polar surface area (TPSA) is 72.0 Å². The van der Waals surface area contributed by atoms with Gasteiger partial charge in [0, 0.05) is 0 Å². The zero-order valence-corrected chi connectivity index (χ0v) is 12.8. The molecule has 4 nitrogen and oxygen atoms in total. The van der Waals surface area contributed by atoms with Crippen molar-refractivity contribution >= 4 is 38.0 Å². The number of benzene rings is 1. The van der Waals surface area contributed by atoms with Crippen LogP contribution in [-0.2, 0) is 5.60 Å². The second-order valence-electron chi connectivity index (χ2n) is 4.66. The molecule has 2 aromatic heterocycles. The first-order chi connectivity index (χ1) is 10.2.